The van der Waals surface area contributed by atoms with Crippen molar-refractivity contribution in [2.24, 2.45) is 5.73 Å². The van der Waals surface area contributed by atoms with E-state index in [1.807, 2.05) is 19.3 Å². The lowest BCUT2D eigenvalue weighted by atomic mass is 10.1. The average molecular weight is 281 g/mol. The fourth-order valence-corrected chi connectivity index (χ4v) is 1.86. The van der Waals surface area contributed by atoms with E-state index in [9.17, 15) is 4.79 Å². The molecule has 2 atom stereocenters. The molecule has 3 N–H and O–H groups in total. The lowest BCUT2D eigenvalue weighted by molar-refractivity contribution is -0.123. The summed E-state index contributed by atoms with van der Waals surface area (Å²) in [5.41, 5.74) is 5.76. The Morgan fingerprint density at radius 1 is 1.53 bits per heavy atom. The number of hydrogen-bond donors (Lipinski definition) is 2. The first-order chi connectivity index (χ1) is 7.61. The Morgan fingerprint density at radius 2 is 2.18 bits per heavy atom. The molecule has 17 heavy (non-hydrogen) atoms. The molecule has 3 nitrogen and oxygen atoms in total. The molecule has 0 aromatic carbocycles. The van der Waals surface area contributed by atoms with Gasteiger partial charge in [0.05, 0.1) is 6.04 Å². The fraction of sp³-hybridized carbons (Fsp3) is 0.750. The van der Waals surface area contributed by atoms with Gasteiger partial charge in [0.15, 0.2) is 0 Å². The van der Waals surface area contributed by atoms with Gasteiger partial charge in [-0.25, -0.2) is 0 Å². The van der Waals surface area contributed by atoms with Crippen molar-refractivity contribution in [3.05, 3.63) is 12.7 Å². The van der Waals surface area contributed by atoms with E-state index >= 15 is 0 Å². The quantitative estimate of drug-likeness (QED) is 0.504. The number of unbranched alkanes of at least 4 members (excludes halogenated alkanes) is 1. The number of hydrogen-bond acceptors (Lipinski definition) is 3. The minimum Gasteiger partial charge on any atom is -0.352 e. The minimum atomic E-state index is -0.366. The second kappa shape index (κ2) is 12.3. The highest BCUT2D eigenvalue weighted by atomic mass is 35.5. The molecule has 0 aliphatic heterocycles. The second-order valence-electron chi connectivity index (χ2n) is 4.02. The van der Waals surface area contributed by atoms with Gasteiger partial charge in [0.1, 0.15) is 0 Å². The van der Waals surface area contributed by atoms with Crippen molar-refractivity contribution in [1.29, 1.82) is 0 Å². The van der Waals surface area contributed by atoms with Crippen molar-refractivity contribution in [3.8, 4) is 0 Å². The average Bonchev–Trinajstić information content (AvgIpc) is 2.26. The number of amides is 1. The second-order valence-corrected chi connectivity index (χ2v) is 5.00. The zero-order chi connectivity index (χ0) is 12.4. The zero-order valence-corrected chi connectivity index (χ0v) is 12.4. The van der Waals surface area contributed by atoms with Crippen molar-refractivity contribution in [3.63, 3.8) is 0 Å². The molecule has 102 valence electrons. The van der Waals surface area contributed by atoms with E-state index in [1.54, 1.807) is 11.8 Å². The Kier molecular flexibility index (Phi) is 13.8. The maximum Gasteiger partial charge on any atom is 0.237 e. The number of carbonyl (C=O) groups is 1. The first-order valence-electron chi connectivity index (χ1n) is 5.77. The summed E-state index contributed by atoms with van der Waals surface area (Å²) >= 11 is 1.71. The third kappa shape index (κ3) is 10.7. The molecule has 0 saturated heterocycles. The fourth-order valence-electron chi connectivity index (χ4n) is 1.37. The van der Waals surface area contributed by atoms with E-state index < -0.39 is 0 Å². The van der Waals surface area contributed by atoms with Crippen LogP contribution in [0.2, 0.25) is 0 Å². The van der Waals surface area contributed by atoms with Gasteiger partial charge in [-0.3, -0.25) is 4.79 Å². The van der Waals surface area contributed by atoms with Crippen LogP contribution in [0.15, 0.2) is 12.7 Å². The van der Waals surface area contributed by atoms with Crippen LogP contribution in [0.3, 0.4) is 0 Å². The third-order valence-corrected chi connectivity index (χ3v) is 3.05. The standard InChI is InChI=1S/C12H24N2OS.ClH/c1-4-5-6-7-10(2)14-12(15)11(13)8-9-16-3;/h4,10-11H,1,5-9,13H2,2-3H3,(H,14,15);1H. The molecule has 0 aliphatic carbocycles. The highest BCUT2D eigenvalue weighted by Gasteiger charge is 2.14. The molecular formula is C12H25ClN2OS. The van der Waals surface area contributed by atoms with Crippen molar-refractivity contribution in [2.75, 3.05) is 12.0 Å². The molecule has 0 bridgehead atoms. The molecule has 0 radical (unpaired) electrons. The van der Waals surface area contributed by atoms with Crippen molar-refractivity contribution >= 4 is 30.1 Å². The van der Waals surface area contributed by atoms with Crippen LogP contribution < -0.4 is 11.1 Å². The van der Waals surface area contributed by atoms with Gasteiger partial charge in [0, 0.05) is 6.04 Å². The summed E-state index contributed by atoms with van der Waals surface area (Å²) in [5.74, 6) is 0.902. The smallest absolute Gasteiger partial charge is 0.237 e. The van der Waals surface area contributed by atoms with Gasteiger partial charge >= 0.3 is 0 Å². The number of rotatable bonds is 9. The molecule has 0 heterocycles. The summed E-state index contributed by atoms with van der Waals surface area (Å²) in [6.45, 7) is 5.69. The van der Waals surface area contributed by atoms with Crippen LogP contribution in [0.4, 0.5) is 0 Å². The van der Waals surface area contributed by atoms with Crippen LogP contribution in [-0.4, -0.2) is 30.0 Å². The number of carbonyl (C=O) groups excluding carboxylic acids is 1. The van der Waals surface area contributed by atoms with Crippen molar-refractivity contribution in [2.45, 2.75) is 44.7 Å². The Morgan fingerprint density at radius 3 is 2.71 bits per heavy atom. The van der Waals surface area contributed by atoms with Gasteiger partial charge in [-0.15, -0.1) is 19.0 Å². The van der Waals surface area contributed by atoms with Gasteiger partial charge in [0.25, 0.3) is 0 Å². The Bertz CT molecular complexity index is 215. The lowest BCUT2D eigenvalue weighted by Crippen LogP contribution is -2.44. The molecule has 2 unspecified atom stereocenters. The minimum absolute atomic E-state index is 0. The highest BCUT2D eigenvalue weighted by Crippen LogP contribution is 2.03. The van der Waals surface area contributed by atoms with Crippen LogP contribution >= 0.6 is 24.2 Å². The highest BCUT2D eigenvalue weighted by molar-refractivity contribution is 7.98. The summed E-state index contributed by atoms with van der Waals surface area (Å²) in [4.78, 5) is 11.6. The maximum atomic E-state index is 11.6. The molecule has 0 fully saturated rings. The summed E-state index contributed by atoms with van der Waals surface area (Å²) in [6, 6.07) is -0.165. The molecule has 0 aromatic heterocycles. The third-order valence-electron chi connectivity index (χ3n) is 2.40. The SMILES string of the molecule is C=CCCCC(C)NC(=O)C(N)CCSC.Cl. The maximum absolute atomic E-state index is 11.6. The lowest BCUT2D eigenvalue weighted by Gasteiger charge is -2.17. The molecule has 5 heteroatoms. The molecule has 1 amide bonds. The monoisotopic (exact) mass is 280 g/mol. The van der Waals surface area contributed by atoms with Gasteiger partial charge in [-0.2, -0.15) is 11.8 Å². The van der Waals surface area contributed by atoms with E-state index in [4.69, 9.17) is 5.73 Å². The van der Waals surface area contributed by atoms with Gasteiger partial charge in [0.2, 0.25) is 5.91 Å². The van der Waals surface area contributed by atoms with Gasteiger partial charge in [-0.1, -0.05) is 6.08 Å². The molecule has 0 rings (SSSR count). The summed E-state index contributed by atoms with van der Waals surface area (Å²) in [5, 5.41) is 2.94. The van der Waals surface area contributed by atoms with E-state index in [0.29, 0.717) is 0 Å². The van der Waals surface area contributed by atoms with E-state index in [-0.39, 0.29) is 30.4 Å². The van der Waals surface area contributed by atoms with Gasteiger partial charge < -0.3 is 11.1 Å². The first-order valence-corrected chi connectivity index (χ1v) is 7.17. The van der Waals surface area contributed by atoms with Crippen molar-refractivity contribution < 1.29 is 4.79 Å². The summed E-state index contributed by atoms with van der Waals surface area (Å²) < 4.78 is 0. The molecular weight excluding hydrogens is 256 g/mol. The van der Waals surface area contributed by atoms with Crippen LogP contribution in [0.5, 0.6) is 0 Å². The Balaban J connectivity index is 0. The van der Waals surface area contributed by atoms with Crippen LogP contribution in [0.25, 0.3) is 0 Å². The largest absolute Gasteiger partial charge is 0.352 e. The predicted octanol–water partition coefficient (Wildman–Crippen LogP) is 2.35. The normalized spacial score (nSPS) is 13.4. The zero-order valence-electron chi connectivity index (χ0n) is 10.8. The van der Waals surface area contributed by atoms with Crippen LogP contribution in [-0.2, 0) is 4.79 Å². The molecule has 0 aromatic rings. The Hall–Kier alpha value is -0.190. The Labute approximate surface area is 115 Å². The topological polar surface area (TPSA) is 55.1 Å². The molecule has 0 saturated carbocycles. The molecule has 0 spiro atoms. The number of nitrogens with two attached hydrogens (primary N) is 1. The number of halogens is 1. The van der Waals surface area contributed by atoms with Crippen LogP contribution in [0, 0.1) is 0 Å². The van der Waals surface area contributed by atoms with Gasteiger partial charge in [-0.05, 0) is 44.6 Å². The predicted molar refractivity (Wildman–Crippen MR) is 79.9 cm³/mol. The summed E-state index contributed by atoms with van der Waals surface area (Å²) in [6.07, 6.45) is 7.70. The number of nitrogens with one attached hydrogen (secondary N) is 1. The van der Waals surface area contributed by atoms with Crippen molar-refractivity contribution in [1.82, 2.24) is 5.32 Å². The van der Waals surface area contributed by atoms with E-state index in [1.165, 1.54) is 0 Å². The van der Waals surface area contributed by atoms with Crippen LogP contribution in [0.1, 0.15) is 32.6 Å². The van der Waals surface area contributed by atoms with E-state index in [2.05, 4.69) is 11.9 Å². The molecule has 0 aliphatic rings. The van der Waals surface area contributed by atoms with E-state index in [0.717, 1.165) is 31.4 Å². The summed E-state index contributed by atoms with van der Waals surface area (Å²) in [7, 11) is 0. The number of allylic oxidation sites excluding steroid dienone is 1. The first kappa shape index (κ1) is 19.2. The number of thioether (sulfide) groups is 1.